The number of nitrogens with one attached hydrogen (secondary N) is 1. The first-order valence-electron chi connectivity index (χ1n) is 9.04. The summed E-state index contributed by atoms with van der Waals surface area (Å²) in [7, 11) is 1.23. The van der Waals surface area contributed by atoms with Gasteiger partial charge in [0.15, 0.2) is 0 Å². The Bertz CT molecular complexity index is 798. The van der Waals surface area contributed by atoms with Gasteiger partial charge in [-0.25, -0.2) is 0 Å². The predicted octanol–water partition coefficient (Wildman–Crippen LogP) is 2.63. The maximum absolute atomic E-state index is 13.5. The molecule has 0 bridgehead atoms. The fourth-order valence-electron chi connectivity index (χ4n) is 4.51. The molecular weight excluding hydrogens is 362 g/mol. The summed E-state index contributed by atoms with van der Waals surface area (Å²) < 4.78 is 51.3. The van der Waals surface area contributed by atoms with Crippen molar-refractivity contribution in [2.75, 3.05) is 19.0 Å². The molecule has 2 aliphatic rings. The van der Waals surface area contributed by atoms with E-state index in [-0.39, 0.29) is 31.4 Å². The lowest BCUT2D eigenvalue weighted by atomic mass is 9.63. The normalized spacial score (nSPS) is 27.0. The number of ether oxygens (including phenoxy) is 2. The molecule has 1 N–H and O–H groups in total. The monoisotopic (exact) mass is 384 g/mol. The molecule has 148 valence electrons. The van der Waals surface area contributed by atoms with Crippen molar-refractivity contribution in [3.05, 3.63) is 23.3 Å². The van der Waals surface area contributed by atoms with Crippen molar-refractivity contribution in [2.24, 2.45) is 0 Å². The Hall–Kier alpha value is -2.03. The highest BCUT2D eigenvalue weighted by Crippen LogP contribution is 2.56. The van der Waals surface area contributed by atoms with Crippen LogP contribution >= 0.6 is 0 Å². The number of aryl methyl sites for hydroxylation is 1. The van der Waals surface area contributed by atoms with Gasteiger partial charge in [0, 0.05) is 12.3 Å². The maximum atomic E-state index is 13.5. The van der Waals surface area contributed by atoms with Crippen LogP contribution in [0.2, 0.25) is 0 Å². The smallest absolute Gasteiger partial charge is 0.469 e. The van der Waals surface area contributed by atoms with Gasteiger partial charge >= 0.3 is 12.9 Å². The molecule has 1 aromatic carbocycles. The van der Waals surface area contributed by atoms with Crippen LogP contribution in [-0.4, -0.2) is 38.2 Å². The fourth-order valence-corrected chi connectivity index (χ4v) is 4.51. The van der Waals surface area contributed by atoms with Crippen molar-refractivity contribution in [1.82, 2.24) is 0 Å². The summed E-state index contributed by atoms with van der Waals surface area (Å²) in [4.78, 5) is 25.1. The summed E-state index contributed by atoms with van der Waals surface area (Å²) in [5, 5.41) is 2.78. The lowest BCUT2D eigenvalue weighted by Gasteiger charge is -2.40. The summed E-state index contributed by atoms with van der Waals surface area (Å²) in [6, 6.07) is 2.16. The molecule has 1 fully saturated rings. The van der Waals surface area contributed by atoms with Gasteiger partial charge in [0.1, 0.15) is 5.41 Å². The zero-order valence-corrected chi connectivity index (χ0v) is 15.5. The van der Waals surface area contributed by atoms with Crippen molar-refractivity contribution in [3.8, 4) is 0 Å². The molecule has 0 aromatic heterocycles. The molecule has 27 heavy (non-hydrogen) atoms. The number of amides is 1. The summed E-state index contributed by atoms with van der Waals surface area (Å²) in [6.07, 6.45) is 0.650. The van der Waals surface area contributed by atoms with E-state index in [0.29, 0.717) is 17.7 Å². The Labute approximate surface area is 155 Å². The van der Waals surface area contributed by atoms with Gasteiger partial charge in [0.25, 0.3) is 0 Å². The molecule has 2 atom stereocenters. The largest absolute Gasteiger partial charge is 0.509 e. The number of fused-ring (bicyclic) bond motifs is 2. The van der Waals surface area contributed by atoms with E-state index in [2.05, 4.69) is 5.32 Å². The van der Waals surface area contributed by atoms with E-state index in [0.717, 1.165) is 12.1 Å². The van der Waals surface area contributed by atoms with Gasteiger partial charge in [-0.2, -0.15) is 0 Å². The number of hydrogen-bond donors (Lipinski definition) is 1. The Morgan fingerprint density at radius 2 is 2.04 bits per heavy atom. The zero-order valence-electron chi connectivity index (χ0n) is 15.5. The van der Waals surface area contributed by atoms with Gasteiger partial charge in [0.2, 0.25) is 5.91 Å². The highest BCUT2D eigenvalue weighted by molar-refractivity contribution is 6.73. The Balaban J connectivity index is 2.26. The van der Waals surface area contributed by atoms with Gasteiger partial charge in [-0.1, -0.05) is 26.0 Å². The van der Waals surface area contributed by atoms with Crippen LogP contribution in [0, 0.1) is 0 Å². The minimum Gasteiger partial charge on any atom is -0.469 e. The standard InChI is InChI=1S/C18H22BF3NO4/c1-4-11-8-12(19(20,21)22)9-13-15(11)23-16(25)18(13)6-7-27-17(18,5-2)10-14(24)26-3/h8-9H,4-7,10H2,1-3H3,(H,23,25)/q-1/t17-,18-/m0/s1. The number of hydrogen-bond acceptors (Lipinski definition) is 4. The molecule has 1 spiro atoms. The summed E-state index contributed by atoms with van der Waals surface area (Å²) >= 11 is 0. The molecule has 1 aromatic rings. The number of anilines is 1. The predicted molar refractivity (Wildman–Crippen MR) is 95.1 cm³/mol. The molecule has 1 amide bonds. The van der Waals surface area contributed by atoms with Crippen molar-refractivity contribution >= 4 is 30.0 Å². The molecular formula is C18H22BF3NO4-. The fraction of sp³-hybridized carbons (Fsp3) is 0.556. The van der Waals surface area contributed by atoms with Crippen molar-refractivity contribution in [3.63, 3.8) is 0 Å². The minimum absolute atomic E-state index is 0.181. The van der Waals surface area contributed by atoms with Crippen molar-refractivity contribution < 1.29 is 32.0 Å². The van der Waals surface area contributed by atoms with E-state index >= 15 is 0 Å². The van der Waals surface area contributed by atoms with Crippen LogP contribution in [0.3, 0.4) is 0 Å². The van der Waals surface area contributed by atoms with E-state index < -0.39 is 35.3 Å². The molecule has 2 aliphatic heterocycles. The molecule has 5 nitrogen and oxygen atoms in total. The van der Waals surface area contributed by atoms with Crippen molar-refractivity contribution in [2.45, 2.75) is 50.5 Å². The van der Waals surface area contributed by atoms with Crippen LogP contribution in [0.4, 0.5) is 18.6 Å². The third kappa shape index (κ3) is 2.74. The third-order valence-electron chi connectivity index (χ3n) is 5.95. The molecule has 3 rings (SSSR count). The number of benzene rings is 1. The average molecular weight is 384 g/mol. The molecule has 2 heterocycles. The van der Waals surface area contributed by atoms with E-state index in [1.807, 2.05) is 0 Å². The van der Waals surface area contributed by atoms with E-state index in [1.54, 1.807) is 13.8 Å². The van der Waals surface area contributed by atoms with Crippen LogP contribution in [0.15, 0.2) is 12.1 Å². The van der Waals surface area contributed by atoms with E-state index in [1.165, 1.54) is 7.11 Å². The van der Waals surface area contributed by atoms with Gasteiger partial charge in [-0.05, 0) is 30.4 Å². The van der Waals surface area contributed by atoms with Crippen LogP contribution in [0.25, 0.3) is 0 Å². The highest BCUT2D eigenvalue weighted by Gasteiger charge is 2.65. The number of carbonyl (C=O) groups excluding carboxylic acids is 2. The zero-order chi connectivity index (χ0) is 20.0. The summed E-state index contributed by atoms with van der Waals surface area (Å²) in [5.74, 6) is -0.978. The molecule has 0 aliphatic carbocycles. The van der Waals surface area contributed by atoms with Crippen LogP contribution in [0.5, 0.6) is 0 Å². The maximum Gasteiger partial charge on any atom is 0.509 e. The molecule has 0 saturated carbocycles. The second-order valence-corrected chi connectivity index (χ2v) is 7.09. The Kier molecular flexibility index (Phi) is 4.78. The van der Waals surface area contributed by atoms with Gasteiger partial charge < -0.3 is 27.7 Å². The lowest BCUT2D eigenvalue weighted by Crippen LogP contribution is -2.54. The first kappa shape index (κ1) is 19.7. The molecule has 0 radical (unpaired) electrons. The van der Waals surface area contributed by atoms with Crippen LogP contribution in [-0.2, 0) is 30.9 Å². The number of rotatable bonds is 5. The van der Waals surface area contributed by atoms with Crippen molar-refractivity contribution in [1.29, 1.82) is 0 Å². The van der Waals surface area contributed by atoms with E-state index in [4.69, 9.17) is 9.47 Å². The average Bonchev–Trinajstić information content (AvgIpc) is 3.14. The highest BCUT2D eigenvalue weighted by atomic mass is 19.4. The topological polar surface area (TPSA) is 64.6 Å². The SMILES string of the molecule is CCc1cc([B-](F)(F)F)cc2c1NC(=O)[C@]21CCO[C@@]1(CC)CC(=O)OC. The van der Waals surface area contributed by atoms with Crippen LogP contribution < -0.4 is 10.8 Å². The van der Waals surface area contributed by atoms with Crippen LogP contribution in [0.1, 0.15) is 44.2 Å². The number of halogens is 3. The Morgan fingerprint density at radius 1 is 1.33 bits per heavy atom. The van der Waals surface area contributed by atoms with Gasteiger partial charge in [0.05, 0.1) is 19.1 Å². The molecule has 9 heteroatoms. The number of esters is 1. The number of methoxy groups -OCH3 is 1. The van der Waals surface area contributed by atoms with Gasteiger partial charge in [-0.15, -0.1) is 5.46 Å². The minimum atomic E-state index is -5.23. The lowest BCUT2D eigenvalue weighted by molar-refractivity contribution is -0.151. The Morgan fingerprint density at radius 3 is 2.59 bits per heavy atom. The second-order valence-electron chi connectivity index (χ2n) is 7.09. The first-order valence-corrected chi connectivity index (χ1v) is 9.04. The molecule has 1 saturated heterocycles. The first-order chi connectivity index (χ1) is 12.6. The van der Waals surface area contributed by atoms with E-state index in [9.17, 15) is 22.5 Å². The number of carbonyl (C=O) groups is 2. The summed E-state index contributed by atoms with van der Waals surface area (Å²) in [6.45, 7) is -1.55. The second kappa shape index (κ2) is 6.54. The third-order valence-corrected chi connectivity index (χ3v) is 5.95. The summed E-state index contributed by atoms with van der Waals surface area (Å²) in [5.41, 5.74) is -2.19. The quantitative estimate of drug-likeness (QED) is 0.626. The van der Waals surface area contributed by atoms with Gasteiger partial charge in [-0.3, -0.25) is 9.59 Å². The molecule has 0 unspecified atom stereocenters.